The Morgan fingerprint density at radius 2 is 1.42 bits per heavy atom. The highest BCUT2D eigenvalue weighted by Crippen LogP contribution is 2.56. The van der Waals surface area contributed by atoms with Crippen LogP contribution in [0, 0.1) is 23.7 Å². The SMILES string of the molecule is O=C(c1ccc(N2C(=O)C3C4CCC(C4)C3C2=O)cc1)N1CCCCC1. The van der Waals surface area contributed by atoms with E-state index < -0.39 is 0 Å². The lowest BCUT2D eigenvalue weighted by atomic mass is 9.81. The smallest absolute Gasteiger partial charge is 0.253 e. The summed E-state index contributed by atoms with van der Waals surface area (Å²) in [5.41, 5.74) is 1.25. The molecule has 4 aliphatic rings. The van der Waals surface area contributed by atoms with Gasteiger partial charge in [0.15, 0.2) is 0 Å². The molecule has 4 atom stereocenters. The van der Waals surface area contributed by atoms with Gasteiger partial charge in [-0.2, -0.15) is 0 Å². The Balaban J connectivity index is 1.37. The van der Waals surface area contributed by atoms with E-state index in [0.717, 1.165) is 45.2 Å². The van der Waals surface area contributed by atoms with Gasteiger partial charge in [0.25, 0.3) is 5.91 Å². The Morgan fingerprint density at radius 1 is 0.846 bits per heavy atom. The highest BCUT2D eigenvalue weighted by Gasteiger charge is 2.61. The molecule has 0 spiro atoms. The van der Waals surface area contributed by atoms with Gasteiger partial charge < -0.3 is 4.90 Å². The maximum atomic E-state index is 12.9. The van der Waals surface area contributed by atoms with Crippen molar-refractivity contribution in [3.8, 4) is 0 Å². The van der Waals surface area contributed by atoms with E-state index in [2.05, 4.69) is 0 Å². The molecule has 26 heavy (non-hydrogen) atoms. The molecule has 4 unspecified atom stereocenters. The summed E-state index contributed by atoms with van der Waals surface area (Å²) in [5.74, 6) is 0.583. The Labute approximate surface area is 153 Å². The van der Waals surface area contributed by atoms with E-state index in [4.69, 9.17) is 0 Å². The molecule has 0 aromatic heterocycles. The molecule has 2 aliphatic heterocycles. The van der Waals surface area contributed by atoms with Gasteiger partial charge in [0.05, 0.1) is 17.5 Å². The molecule has 1 aromatic rings. The van der Waals surface area contributed by atoms with Gasteiger partial charge in [-0.15, -0.1) is 0 Å². The van der Waals surface area contributed by atoms with E-state index in [1.807, 2.05) is 4.90 Å². The average Bonchev–Trinajstić information content (AvgIpc) is 3.36. The summed E-state index contributed by atoms with van der Waals surface area (Å²) in [5, 5.41) is 0. The number of piperidine rings is 1. The van der Waals surface area contributed by atoms with Crippen LogP contribution in [-0.4, -0.2) is 35.7 Å². The molecule has 5 rings (SSSR count). The number of hydrogen-bond acceptors (Lipinski definition) is 3. The second-order valence-electron chi connectivity index (χ2n) is 8.30. The third kappa shape index (κ3) is 2.25. The highest BCUT2D eigenvalue weighted by atomic mass is 16.2. The van der Waals surface area contributed by atoms with Gasteiger partial charge in [-0.1, -0.05) is 0 Å². The van der Waals surface area contributed by atoms with Crippen LogP contribution in [0.2, 0.25) is 0 Å². The summed E-state index contributed by atoms with van der Waals surface area (Å²) in [6.45, 7) is 1.63. The first kappa shape index (κ1) is 16.0. The summed E-state index contributed by atoms with van der Waals surface area (Å²) in [7, 11) is 0. The molecule has 2 aliphatic carbocycles. The Morgan fingerprint density at radius 3 is 2.00 bits per heavy atom. The van der Waals surface area contributed by atoms with E-state index in [0.29, 0.717) is 23.1 Å². The van der Waals surface area contributed by atoms with Crippen molar-refractivity contribution in [3.63, 3.8) is 0 Å². The second-order valence-corrected chi connectivity index (χ2v) is 8.30. The topological polar surface area (TPSA) is 57.7 Å². The van der Waals surface area contributed by atoms with Gasteiger partial charge in [0, 0.05) is 18.7 Å². The molecule has 0 N–H and O–H groups in total. The van der Waals surface area contributed by atoms with E-state index in [1.54, 1.807) is 24.3 Å². The number of likely N-dealkylation sites (tertiary alicyclic amines) is 1. The van der Waals surface area contributed by atoms with Gasteiger partial charge in [-0.25, -0.2) is 0 Å². The minimum absolute atomic E-state index is 0.0256. The Bertz CT molecular complexity index is 738. The second kappa shape index (κ2) is 5.93. The van der Waals surface area contributed by atoms with Crippen LogP contribution in [0.1, 0.15) is 48.9 Å². The predicted octanol–water partition coefficient (Wildman–Crippen LogP) is 2.85. The fourth-order valence-corrected chi connectivity index (χ4v) is 5.70. The zero-order chi connectivity index (χ0) is 17.8. The molecule has 2 saturated heterocycles. The summed E-state index contributed by atoms with van der Waals surface area (Å²) in [4.78, 5) is 41.6. The first-order chi connectivity index (χ1) is 12.6. The maximum absolute atomic E-state index is 12.9. The minimum atomic E-state index is -0.101. The van der Waals surface area contributed by atoms with E-state index >= 15 is 0 Å². The molecule has 5 heteroatoms. The number of anilines is 1. The quantitative estimate of drug-likeness (QED) is 0.769. The molecule has 0 radical (unpaired) electrons. The molecular weight excluding hydrogens is 328 g/mol. The number of fused-ring (bicyclic) bond motifs is 5. The molecule has 5 nitrogen and oxygen atoms in total. The molecule has 2 saturated carbocycles. The van der Waals surface area contributed by atoms with Crippen molar-refractivity contribution in [2.45, 2.75) is 38.5 Å². The standard InChI is InChI=1S/C21H24N2O3/c24-19(22-10-2-1-3-11-22)13-6-8-16(9-7-13)23-20(25)17-14-4-5-15(12-14)18(17)21(23)26/h6-9,14-15,17-18H,1-5,10-12H2. The molecule has 136 valence electrons. The van der Waals surface area contributed by atoms with Gasteiger partial charge in [0.1, 0.15) is 0 Å². The number of hydrogen-bond donors (Lipinski definition) is 0. The Kier molecular flexibility index (Phi) is 3.66. The number of nitrogens with zero attached hydrogens (tertiary/aromatic N) is 2. The van der Waals surface area contributed by atoms with Crippen LogP contribution >= 0.6 is 0 Å². The van der Waals surface area contributed by atoms with Gasteiger partial charge >= 0.3 is 0 Å². The number of imide groups is 1. The summed E-state index contributed by atoms with van der Waals surface area (Å²) in [6.07, 6.45) is 6.53. The average molecular weight is 352 g/mol. The zero-order valence-corrected chi connectivity index (χ0v) is 14.9. The molecule has 1 aromatic carbocycles. The van der Waals surface area contributed by atoms with Crippen LogP contribution in [0.15, 0.2) is 24.3 Å². The fraction of sp³-hybridized carbons (Fsp3) is 0.571. The fourth-order valence-electron chi connectivity index (χ4n) is 5.70. The third-order valence-corrected chi connectivity index (χ3v) is 6.94. The van der Waals surface area contributed by atoms with Gasteiger partial charge in [-0.05, 0) is 74.6 Å². The Hall–Kier alpha value is -2.17. The van der Waals surface area contributed by atoms with Crippen molar-refractivity contribution in [1.82, 2.24) is 4.90 Å². The van der Waals surface area contributed by atoms with Crippen molar-refractivity contribution < 1.29 is 14.4 Å². The lowest BCUT2D eigenvalue weighted by molar-refractivity contribution is -0.123. The van der Waals surface area contributed by atoms with Crippen molar-refractivity contribution >= 4 is 23.4 Å². The molecule has 2 heterocycles. The lowest BCUT2D eigenvalue weighted by Gasteiger charge is -2.27. The van der Waals surface area contributed by atoms with Crippen LogP contribution in [0.3, 0.4) is 0 Å². The lowest BCUT2D eigenvalue weighted by Crippen LogP contribution is -2.35. The van der Waals surface area contributed by atoms with Crippen molar-refractivity contribution in [3.05, 3.63) is 29.8 Å². The number of rotatable bonds is 2. The molecule has 4 fully saturated rings. The van der Waals surface area contributed by atoms with Crippen LogP contribution < -0.4 is 4.90 Å². The van der Waals surface area contributed by atoms with Crippen molar-refractivity contribution in [2.24, 2.45) is 23.7 Å². The van der Waals surface area contributed by atoms with Crippen LogP contribution in [0.25, 0.3) is 0 Å². The van der Waals surface area contributed by atoms with Crippen LogP contribution in [0.5, 0.6) is 0 Å². The zero-order valence-electron chi connectivity index (χ0n) is 14.9. The minimum Gasteiger partial charge on any atom is -0.339 e. The van der Waals surface area contributed by atoms with Gasteiger partial charge in [0.2, 0.25) is 11.8 Å². The number of benzene rings is 1. The first-order valence-corrected chi connectivity index (χ1v) is 9.92. The van der Waals surface area contributed by atoms with E-state index in [1.165, 1.54) is 11.3 Å². The predicted molar refractivity (Wildman–Crippen MR) is 96.5 cm³/mol. The van der Waals surface area contributed by atoms with Crippen LogP contribution in [-0.2, 0) is 9.59 Å². The number of carbonyl (C=O) groups excluding carboxylic acids is 3. The summed E-state index contributed by atoms with van der Waals surface area (Å²) >= 11 is 0. The third-order valence-electron chi connectivity index (χ3n) is 6.94. The largest absolute Gasteiger partial charge is 0.339 e. The van der Waals surface area contributed by atoms with E-state index in [9.17, 15) is 14.4 Å². The van der Waals surface area contributed by atoms with Gasteiger partial charge in [-0.3, -0.25) is 19.3 Å². The molecule has 2 bridgehead atoms. The summed E-state index contributed by atoms with van der Waals surface area (Å²) < 4.78 is 0. The highest BCUT2D eigenvalue weighted by molar-refractivity contribution is 6.22. The van der Waals surface area contributed by atoms with E-state index in [-0.39, 0.29) is 29.6 Å². The van der Waals surface area contributed by atoms with Crippen molar-refractivity contribution in [2.75, 3.05) is 18.0 Å². The monoisotopic (exact) mass is 352 g/mol. The number of amides is 3. The normalized spacial score (nSPS) is 33.1. The number of carbonyl (C=O) groups is 3. The molecule has 3 amide bonds. The maximum Gasteiger partial charge on any atom is 0.253 e. The summed E-state index contributed by atoms with van der Waals surface area (Å²) in [6, 6.07) is 7.04. The molecular formula is C21H24N2O3. The first-order valence-electron chi connectivity index (χ1n) is 9.92. The van der Waals surface area contributed by atoms with Crippen LogP contribution in [0.4, 0.5) is 5.69 Å². The van der Waals surface area contributed by atoms with Crippen molar-refractivity contribution in [1.29, 1.82) is 0 Å².